The van der Waals surface area contributed by atoms with E-state index in [9.17, 15) is 13.2 Å². The van der Waals surface area contributed by atoms with Crippen LogP contribution in [0.1, 0.15) is 32.6 Å². The van der Waals surface area contributed by atoms with Crippen LogP contribution in [-0.2, 0) is 14.8 Å². The van der Waals surface area contributed by atoms with Crippen LogP contribution in [0.5, 0.6) is 11.5 Å². The summed E-state index contributed by atoms with van der Waals surface area (Å²) in [6.45, 7) is 3.35. The number of nitrogens with one attached hydrogen (secondary N) is 1. The van der Waals surface area contributed by atoms with Crippen LogP contribution in [0.3, 0.4) is 0 Å². The van der Waals surface area contributed by atoms with Crippen molar-refractivity contribution >= 4 is 15.9 Å². The molecule has 0 aromatic heterocycles. The summed E-state index contributed by atoms with van der Waals surface area (Å²) in [5.41, 5.74) is 0. The zero-order valence-corrected chi connectivity index (χ0v) is 15.2. The monoisotopic (exact) mass is 368 g/mol. The molecule has 1 fully saturated rings. The average molecular weight is 368 g/mol. The second kappa shape index (κ2) is 7.61. The van der Waals surface area contributed by atoms with Gasteiger partial charge in [-0.05, 0) is 37.8 Å². The molecule has 1 amide bonds. The highest BCUT2D eigenvalue weighted by molar-refractivity contribution is 7.89. The molecule has 0 bridgehead atoms. The summed E-state index contributed by atoms with van der Waals surface area (Å²) in [4.78, 5) is 14.3. The van der Waals surface area contributed by atoms with E-state index in [1.165, 1.54) is 12.1 Å². The van der Waals surface area contributed by atoms with E-state index in [4.69, 9.17) is 9.47 Å². The Hall–Kier alpha value is -1.80. The molecule has 7 nitrogen and oxygen atoms in total. The van der Waals surface area contributed by atoms with Crippen LogP contribution in [0.25, 0.3) is 0 Å². The summed E-state index contributed by atoms with van der Waals surface area (Å²) in [6.07, 6.45) is 3.96. The number of piperidine rings is 1. The number of fused-ring (bicyclic) bond motifs is 1. The van der Waals surface area contributed by atoms with Gasteiger partial charge in [0, 0.05) is 18.7 Å². The van der Waals surface area contributed by atoms with Crippen LogP contribution >= 0.6 is 0 Å². The molecule has 0 saturated carbocycles. The third-order valence-corrected chi connectivity index (χ3v) is 6.06. The molecule has 1 unspecified atom stereocenters. The molecule has 1 N–H and O–H groups in total. The predicted octanol–water partition coefficient (Wildman–Crippen LogP) is 1.53. The highest BCUT2D eigenvalue weighted by Crippen LogP contribution is 2.32. The first-order valence-corrected chi connectivity index (χ1v) is 10.2. The molecule has 8 heteroatoms. The molecule has 0 aliphatic carbocycles. The minimum atomic E-state index is -3.78. The molecule has 25 heavy (non-hydrogen) atoms. The topological polar surface area (TPSA) is 84.9 Å². The van der Waals surface area contributed by atoms with Gasteiger partial charge in [-0.2, -0.15) is 0 Å². The standard InChI is InChI=1S/C17H24N2O5S/c1-2-13-5-3-4-8-19(13)17(20)12-18-25(21,22)14-6-7-15-16(11-14)24-10-9-23-15/h6-7,11,13,18H,2-5,8-10,12H2,1H3. The summed E-state index contributed by atoms with van der Waals surface area (Å²) in [5.74, 6) is 0.760. The zero-order valence-electron chi connectivity index (χ0n) is 14.4. The Kier molecular flexibility index (Phi) is 5.48. The van der Waals surface area contributed by atoms with E-state index in [1.807, 2.05) is 0 Å². The number of hydrogen-bond acceptors (Lipinski definition) is 5. The molecule has 1 aromatic carbocycles. The third-order valence-electron chi connectivity index (χ3n) is 4.66. The maximum atomic E-state index is 12.5. The van der Waals surface area contributed by atoms with Crippen molar-refractivity contribution in [2.75, 3.05) is 26.3 Å². The number of rotatable bonds is 5. The first-order valence-electron chi connectivity index (χ1n) is 8.70. The van der Waals surface area contributed by atoms with E-state index >= 15 is 0 Å². The zero-order chi connectivity index (χ0) is 17.9. The van der Waals surface area contributed by atoms with Gasteiger partial charge in [0.2, 0.25) is 15.9 Å². The molecule has 3 rings (SSSR count). The summed E-state index contributed by atoms with van der Waals surface area (Å²) in [7, 11) is -3.78. The van der Waals surface area contributed by atoms with Gasteiger partial charge in [0.1, 0.15) is 13.2 Å². The summed E-state index contributed by atoms with van der Waals surface area (Å²) < 4.78 is 38.2. The van der Waals surface area contributed by atoms with Gasteiger partial charge in [0.05, 0.1) is 11.4 Å². The van der Waals surface area contributed by atoms with Crippen LogP contribution in [-0.4, -0.2) is 51.6 Å². The summed E-state index contributed by atoms with van der Waals surface area (Å²) in [6, 6.07) is 4.66. The Morgan fingerprint density at radius 3 is 2.76 bits per heavy atom. The fraction of sp³-hybridized carbons (Fsp3) is 0.588. The van der Waals surface area contributed by atoms with Gasteiger partial charge in [-0.15, -0.1) is 0 Å². The minimum absolute atomic E-state index is 0.0650. The quantitative estimate of drug-likeness (QED) is 0.852. The smallest absolute Gasteiger partial charge is 0.241 e. The van der Waals surface area contributed by atoms with Crippen molar-refractivity contribution in [3.63, 3.8) is 0 Å². The number of carbonyl (C=O) groups is 1. The number of hydrogen-bond donors (Lipinski definition) is 1. The molecular formula is C17H24N2O5S. The first kappa shape index (κ1) is 18.0. The van der Waals surface area contributed by atoms with E-state index in [1.54, 1.807) is 11.0 Å². The maximum Gasteiger partial charge on any atom is 0.241 e. The van der Waals surface area contributed by atoms with Gasteiger partial charge < -0.3 is 14.4 Å². The Labute approximate surface area is 148 Å². The van der Waals surface area contributed by atoms with E-state index in [0.717, 1.165) is 25.7 Å². The lowest BCUT2D eigenvalue weighted by atomic mass is 10.00. The number of nitrogens with zero attached hydrogens (tertiary/aromatic N) is 1. The van der Waals surface area contributed by atoms with Gasteiger partial charge in [-0.3, -0.25) is 4.79 Å². The lowest BCUT2D eigenvalue weighted by molar-refractivity contribution is -0.133. The van der Waals surface area contributed by atoms with Crippen LogP contribution in [0.2, 0.25) is 0 Å². The van der Waals surface area contributed by atoms with Gasteiger partial charge in [0.25, 0.3) is 0 Å². The molecule has 1 saturated heterocycles. The highest BCUT2D eigenvalue weighted by atomic mass is 32.2. The van der Waals surface area contributed by atoms with Crippen molar-refractivity contribution in [2.24, 2.45) is 0 Å². The van der Waals surface area contributed by atoms with Crippen LogP contribution in [0.15, 0.2) is 23.1 Å². The molecular weight excluding hydrogens is 344 g/mol. The second-order valence-corrected chi connectivity index (χ2v) is 8.04. The lowest BCUT2D eigenvalue weighted by Crippen LogP contribution is -2.47. The second-order valence-electron chi connectivity index (χ2n) is 6.28. The van der Waals surface area contributed by atoms with E-state index in [-0.39, 0.29) is 23.4 Å². The lowest BCUT2D eigenvalue weighted by Gasteiger charge is -2.35. The molecule has 2 heterocycles. The summed E-state index contributed by atoms with van der Waals surface area (Å²) in [5, 5.41) is 0. The van der Waals surface area contributed by atoms with Gasteiger partial charge >= 0.3 is 0 Å². The Morgan fingerprint density at radius 2 is 2.00 bits per heavy atom. The van der Waals surface area contributed by atoms with E-state index in [0.29, 0.717) is 31.3 Å². The van der Waals surface area contributed by atoms with Crippen molar-refractivity contribution in [3.8, 4) is 11.5 Å². The number of benzene rings is 1. The van der Waals surface area contributed by atoms with E-state index < -0.39 is 10.0 Å². The van der Waals surface area contributed by atoms with Crippen molar-refractivity contribution in [2.45, 2.75) is 43.5 Å². The Balaban J connectivity index is 1.66. The largest absolute Gasteiger partial charge is 0.486 e. The molecule has 1 aromatic rings. The van der Waals surface area contributed by atoms with Crippen molar-refractivity contribution in [1.29, 1.82) is 0 Å². The van der Waals surface area contributed by atoms with Gasteiger partial charge in [-0.1, -0.05) is 6.92 Å². The highest BCUT2D eigenvalue weighted by Gasteiger charge is 2.27. The van der Waals surface area contributed by atoms with Crippen LogP contribution in [0.4, 0.5) is 0 Å². The van der Waals surface area contributed by atoms with Crippen LogP contribution < -0.4 is 14.2 Å². The Morgan fingerprint density at radius 1 is 1.24 bits per heavy atom. The number of likely N-dealkylation sites (tertiary alicyclic amines) is 1. The van der Waals surface area contributed by atoms with Crippen molar-refractivity contribution in [3.05, 3.63) is 18.2 Å². The summed E-state index contributed by atoms with van der Waals surface area (Å²) >= 11 is 0. The molecule has 1 atom stereocenters. The minimum Gasteiger partial charge on any atom is -0.486 e. The molecule has 0 spiro atoms. The average Bonchev–Trinajstić information content (AvgIpc) is 2.65. The van der Waals surface area contributed by atoms with Crippen LogP contribution in [0, 0.1) is 0 Å². The number of sulfonamides is 1. The van der Waals surface area contributed by atoms with E-state index in [2.05, 4.69) is 11.6 Å². The van der Waals surface area contributed by atoms with Gasteiger partial charge in [-0.25, -0.2) is 13.1 Å². The van der Waals surface area contributed by atoms with Crippen molar-refractivity contribution in [1.82, 2.24) is 9.62 Å². The molecule has 2 aliphatic rings. The first-order chi connectivity index (χ1) is 12.0. The SMILES string of the molecule is CCC1CCCCN1C(=O)CNS(=O)(=O)c1ccc2c(c1)OCCO2. The number of amides is 1. The number of ether oxygens (including phenoxy) is 2. The molecule has 138 valence electrons. The normalized spacial score (nSPS) is 20.4. The fourth-order valence-electron chi connectivity index (χ4n) is 3.29. The fourth-order valence-corrected chi connectivity index (χ4v) is 4.28. The van der Waals surface area contributed by atoms with Crippen molar-refractivity contribution < 1.29 is 22.7 Å². The predicted molar refractivity (Wildman–Crippen MR) is 92.3 cm³/mol. The molecule has 0 radical (unpaired) electrons. The Bertz CT molecular complexity index is 735. The van der Waals surface area contributed by atoms with Gasteiger partial charge in [0.15, 0.2) is 11.5 Å². The maximum absolute atomic E-state index is 12.5. The number of carbonyl (C=O) groups excluding carboxylic acids is 1. The third kappa shape index (κ3) is 4.07. The molecule has 2 aliphatic heterocycles.